The van der Waals surface area contributed by atoms with Gasteiger partial charge in [-0.05, 0) is 49.2 Å². The van der Waals surface area contributed by atoms with Crippen molar-refractivity contribution in [2.45, 2.75) is 42.4 Å². The van der Waals surface area contributed by atoms with Gasteiger partial charge >= 0.3 is 0 Å². The van der Waals surface area contributed by atoms with Crippen LogP contribution in [0, 0.1) is 0 Å². The molecule has 144 valence electrons. The molecule has 0 N–H and O–H groups in total. The van der Waals surface area contributed by atoms with E-state index in [0.717, 1.165) is 24.6 Å². The van der Waals surface area contributed by atoms with Crippen LogP contribution in [-0.4, -0.2) is 20.4 Å². The van der Waals surface area contributed by atoms with E-state index in [4.69, 9.17) is 9.15 Å². The summed E-state index contributed by atoms with van der Waals surface area (Å²) in [6.07, 6.45) is 3.34. The Hall–Kier alpha value is -1.79. The van der Waals surface area contributed by atoms with Gasteiger partial charge in [0, 0.05) is 17.1 Å². The second-order valence-corrected chi connectivity index (χ2v) is 9.00. The summed E-state index contributed by atoms with van der Waals surface area (Å²) >= 11 is 3.36. The third-order valence-corrected chi connectivity index (χ3v) is 6.76. The van der Waals surface area contributed by atoms with E-state index in [1.165, 1.54) is 0 Å². The van der Waals surface area contributed by atoms with Crippen LogP contribution in [0.15, 0.2) is 62.7 Å². The first-order chi connectivity index (χ1) is 13.1. The van der Waals surface area contributed by atoms with Crippen molar-refractivity contribution < 1.29 is 17.6 Å². The molecule has 3 aromatic rings. The molecule has 6 heteroatoms. The quantitative estimate of drug-likeness (QED) is 0.306. The summed E-state index contributed by atoms with van der Waals surface area (Å²) in [5.74, 6) is 1.20. The van der Waals surface area contributed by atoms with Crippen LogP contribution in [0.25, 0.3) is 11.0 Å². The SMILES string of the molecule is CCCCc1oc2ccccc2c1S(=O)(=O)c1ccc(OCCCBr)cc1. The molecule has 0 amide bonds. The van der Waals surface area contributed by atoms with Gasteiger partial charge in [0.2, 0.25) is 9.84 Å². The fourth-order valence-electron chi connectivity index (χ4n) is 2.95. The van der Waals surface area contributed by atoms with E-state index in [9.17, 15) is 8.42 Å². The van der Waals surface area contributed by atoms with Crippen molar-refractivity contribution in [1.82, 2.24) is 0 Å². The molecule has 0 fully saturated rings. The first kappa shape index (κ1) is 20.0. The molecule has 1 aromatic heterocycles. The lowest BCUT2D eigenvalue weighted by Gasteiger charge is -2.08. The predicted molar refractivity (Wildman–Crippen MR) is 111 cm³/mol. The van der Waals surface area contributed by atoms with Crippen LogP contribution in [0.4, 0.5) is 0 Å². The maximum absolute atomic E-state index is 13.4. The average Bonchev–Trinajstić information content (AvgIpc) is 3.06. The molecule has 0 aliphatic heterocycles. The number of aryl methyl sites for hydroxylation is 1. The fraction of sp³-hybridized carbons (Fsp3) is 0.333. The maximum Gasteiger partial charge on any atom is 0.210 e. The van der Waals surface area contributed by atoms with Gasteiger partial charge in [-0.3, -0.25) is 0 Å². The summed E-state index contributed by atoms with van der Waals surface area (Å²) in [6.45, 7) is 2.66. The van der Waals surface area contributed by atoms with E-state index >= 15 is 0 Å². The zero-order chi connectivity index (χ0) is 19.3. The molecule has 0 radical (unpaired) electrons. The zero-order valence-electron chi connectivity index (χ0n) is 15.3. The number of hydrogen-bond acceptors (Lipinski definition) is 4. The standard InChI is InChI=1S/C21H23BrO4S/c1-2-3-8-20-21(18-7-4-5-9-19(18)26-20)27(23,24)17-12-10-16(11-13-17)25-15-6-14-22/h4-5,7,9-13H,2-3,6,8,14-15H2,1H3. The number of halogens is 1. The Morgan fingerprint density at radius 2 is 1.78 bits per heavy atom. The van der Waals surface area contributed by atoms with Gasteiger partial charge in [-0.25, -0.2) is 8.42 Å². The number of sulfone groups is 1. The molecule has 0 aliphatic carbocycles. The van der Waals surface area contributed by atoms with Gasteiger partial charge in [0.05, 0.1) is 11.5 Å². The van der Waals surface area contributed by atoms with Crippen LogP contribution in [0.3, 0.4) is 0 Å². The summed E-state index contributed by atoms with van der Waals surface area (Å²) in [4.78, 5) is 0.541. The van der Waals surface area contributed by atoms with Crippen LogP contribution >= 0.6 is 15.9 Å². The largest absolute Gasteiger partial charge is 0.494 e. The second-order valence-electron chi connectivity index (χ2n) is 6.32. The van der Waals surface area contributed by atoms with Crippen LogP contribution in [-0.2, 0) is 16.3 Å². The number of alkyl halides is 1. The maximum atomic E-state index is 13.4. The van der Waals surface area contributed by atoms with Crippen molar-refractivity contribution >= 4 is 36.7 Å². The van der Waals surface area contributed by atoms with Gasteiger partial charge in [-0.15, -0.1) is 0 Å². The van der Waals surface area contributed by atoms with Crippen LogP contribution in [0.2, 0.25) is 0 Å². The number of hydrogen-bond donors (Lipinski definition) is 0. The van der Waals surface area contributed by atoms with Crippen molar-refractivity contribution in [3.8, 4) is 5.75 Å². The molecule has 1 heterocycles. The first-order valence-electron chi connectivity index (χ1n) is 9.12. The number of para-hydroxylation sites is 1. The third-order valence-electron chi connectivity index (χ3n) is 4.32. The van der Waals surface area contributed by atoms with Crippen molar-refractivity contribution in [1.29, 1.82) is 0 Å². The monoisotopic (exact) mass is 450 g/mol. The normalized spacial score (nSPS) is 11.8. The lowest BCUT2D eigenvalue weighted by molar-refractivity contribution is 0.319. The molecule has 0 bridgehead atoms. The Labute approximate surface area is 168 Å². The second kappa shape index (κ2) is 8.93. The Morgan fingerprint density at radius 3 is 2.48 bits per heavy atom. The first-order valence-corrected chi connectivity index (χ1v) is 11.7. The fourth-order valence-corrected chi connectivity index (χ4v) is 4.81. The van der Waals surface area contributed by atoms with E-state index in [2.05, 4.69) is 22.9 Å². The van der Waals surface area contributed by atoms with Gasteiger partial charge in [0.1, 0.15) is 22.0 Å². The molecule has 0 saturated carbocycles. The lowest BCUT2D eigenvalue weighted by Crippen LogP contribution is -2.05. The smallest absolute Gasteiger partial charge is 0.210 e. The van der Waals surface area contributed by atoms with Crippen molar-refractivity contribution in [3.05, 3.63) is 54.3 Å². The van der Waals surface area contributed by atoms with Gasteiger partial charge < -0.3 is 9.15 Å². The number of furan rings is 1. The zero-order valence-corrected chi connectivity index (χ0v) is 17.7. The Bertz CT molecular complexity index is 991. The van der Waals surface area contributed by atoms with Crippen molar-refractivity contribution in [2.24, 2.45) is 0 Å². The molecule has 4 nitrogen and oxygen atoms in total. The third kappa shape index (κ3) is 4.38. The molecular weight excluding hydrogens is 428 g/mol. The number of unbranched alkanes of at least 4 members (excludes halogenated alkanes) is 1. The van der Waals surface area contributed by atoms with E-state index in [1.807, 2.05) is 18.2 Å². The molecule has 27 heavy (non-hydrogen) atoms. The van der Waals surface area contributed by atoms with Gasteiger partial charge in [-0.1, -0.05) is 41.4 Å². The summed E-state index contributed by atoms with van der Waals surface area (Å²) in [7, 11) is -3.68. The van der Waals surface area contributed by atoms with Crippen LogP contribution < -0.4 is 4.74 Å². The van der Waals surface area contributed by atoms with E-state index in [-0.39, 0.29) is 4.90 Å². The average molecular weight is 451 g/mol. The van der Waals surface area contributed by atoms with Gasteiger partial charge in [-0.2, -0.15) is 0 Å². The number of ether oxygens (including phenoxy) is 1. The van der Waals surface area contributed by atoms with E-state index < -0.39 is 9.84 Å². The summed E-state index contributed by atoms with van der Waals surface area (Å²) in [6, 6.07) is 13.9. The minimum atomic E-state index is -3.68. The minimum absolute atomic E-state index is 0.250. The van der Waals surface area contributed by atoms with Crippen molar-refractivity contribution in [3.63, 3.8) is 0 Å². The highest BCUT2D eigenvalue weighted by Gasteiger charge is 2.27. The molecule has 0 aliphatic rings. The number of rotatable bonds is 9. The van der Waals surface area contributed by atoms with Gasteiger partial charge in [0.15, 0.2) is 0 Å². The number of benzene rings is 2. The predicted octanol–water partition coefficient (Wildman–Crippen LogP) is 5.77. The Morgan fingerprint density at radius 1 is 1.04 bits per heavy atom. The van der Waals surface area contributed by atoms with Crippen molar-refractivity contribution in [2.75, 3.05) is 11.9 Å². The van der Waals surface area contributed by atoms with E-state index in [1.54, 1.807) is 30.3 Å². The molecule has 0 unspecified atom stereocenters. The highest BCUT2D eigenvalue weighted by molar-refractivity contribution is 9.09. The minimum Gasteiger partial charge on any atom is -0.494 e. The summed E-state index contributed by atoms with van der Waals surface area (Å²) in [5, 5.41) is 1.51. The number of fused-ring (bicyclic) bond motifs is 1. The molecule has 0 saturated heterocycles. The van der Waals surface area contributed by atoms with Crippen LogP contribution in [0.1, 0.15) is 31.9 Å². The van der Waals surface area contributed by atoms with Crippen LogP contribution in [0.5, 0.6) is 5.75 Å². The van der Waals surface area contributed by atoms with E-state index in [0.29, 0.717) is 40.4 Å². The highest BCUT2D eigenvalue weighted by Crippen LogP contribution is 2.35. The van der Waals surface area contributed by atoms with Gasteiger partial charge in [0.25, 0.3) is 0 Å². The lowest BCUT2D eigenvalue weighted by atomic mass is 10.2. The molecule has 2 aromatic carbocycles. The molecule has 0 atom stereocenters. The Balaban J connectivity index is 1.99. The summed E-state index contributed by atoms with van der Waals surface area (Å²) in [5.41, 5.74) is 0.608. The summed E-state index contributed by atoms with van der Waals surface area (Å²) < 4.78 is 38.2. The highest BCUT2D eigenvalue weighted by atomic mass is 79.9. The molecule has 3 rings (SSSR count). The molecular formula is C21H23BrO4S. The topological polar surface area (TPSA) is 56.5 Å². The Kier molecular flexibility index (Phi) is 6.60. The molecule has 0 spiro atoms.